The molecule has 1 amide bonds. The molecule has 2 aliphatic carbocycles. The van der Waals surface area contributed by atoms with E-state index in [9.17, 15) is 4.79 Å². The molecule has 1 atom stereocenters. The monoisotopic (exact) mass is 318 g/mol. The van der Waals surface area contributed by atoms with Crippen molar-refractivity contribution in [1.29, 1.82) is 0 Å². The van der Waals surface area contributed by atoms with Crippen LogP contribution in [-0.4, -0.2) is 25.5 Å². The van der Waals surface area contributed by atoms with Gasteiger partial charge in [0.05, 0.1) is 0 Å². The van der Waals surface area contributed by atoms with Crippen LogP contribution < -0.4 is 10.6 Å². The van der Waals surface area contributed by atoms with Crippen molar-refractivity contribution in [1.82, 2.24) is 10.6 Å². The molecular formula is C18H23ClN2O. The van der Waals surface area contributed by atoms with Crippen LogP contribution in [0.4, 0.5) is 0 Å². The van der Waals surface area contributed by atoms with E-state index in [1.54, 1.807) is 0 Å². The third-order valence-electron chi connectivity index (χ3n) is 6.02. The lowest BCUT2D eigenvalue weighted by molar-refractivity contribution is -0.123. The molecule has 2 N–H and O–H groups in total. The summed E-state index contributed by atoms with van der Waals surface area (Å²) in [7, 11) is 0. The van der Waals surface area contributed by atoms with Gasteiger partial charge in [-0.25, -0.2) is 0 Å². The molecule has 1 spiro atoms. The summed E-state index contributed by atoms with van der Waals surface area (Å²) in [5.41, 5.74) is 1.80. The molecule has 1 unspecified atom stereocenters. The van der Waals surface area contributed by atoms with E-state index in [0.717, 1.165) is 56.8 Å². The molecule has 1 saturated heterocycles. The molecule has 118 valence electrons. The molecular weight excluding hydrogens is 296 g/mol. The van der Waals surface area contributed by atoms with Crippen molar-refractivity contribution in [2.45, 2.75) is 37.5 Å². The second kappa shape index (κ2) is 5.24. The smallest absolute Gasteiger partial charge is 0.223 e. The van der Waals surface area contributed by atoms with E-state index in [4.69, 9.17) is 11.6 Å². The van der Waals surface area contributed by atoms with Crippen LogP contribution in [0.3, 0.4) is 0 Å². The normalized spacial score (nSPS) is 27.4. The summed E-state index contributed by atoms with van der Waals surface area (Å²) in [4.78, 5) is 12.5. The topological polar surface area (TPSA) is 41.1 Å². The summed E-state index contributed by atoms with van der Waals surface area (Å²) in [6.07, 6.45) is 5.73. The van der Waals surface area contributed by atoms with Crippen LogP contribution in [0.15, 0.2) is 24.3 Å². The summed E-state index contributed by atoms with van der Waals surface area (Å²) in [5.74, 6) is 0.540. The highest BCUT2D eigenvalue weighted by Gasteiger charge is 2.58. The Kier molecular flexibility index (Phi) is 3.46. The van der Waals surface area contributed by atoms with Crippen LogP contribution in [-0.2, 0) is 10.2 Å². The Morgan fingerprint density at radius 1 is 1.18 bits per heavy atom. The number of hydrogen-bond donors (Lipinski definition) is 2. The van der Waals surface area contributed by atoms with Crippen molar-refractivity contribution >= 4 is 17.5 Å². The largest absolute Gasteiger partial charge is 0.355 e. The lowest BCUT2D eigenvalue weighted by atomic mass is 9.91. The second-order valence-electron chi connectivity index (χ2n) is 7.37. The zero-order chi connectivity index (χ0) is 15.2. The van der Waals surface area contributed by atoms with E-state index in [-0.39, 0.29) is 17.2 Å². The van der Waals surface area contributed by atoms with Gasteiger partial charge in [0.15, 0.2) is 0 Å². The first-order chi connectivity index (χ1) is 10.6. The van der Waals surface area contributed by atoms with Gasteiger partial charge in [-0.3, -0.25) is 4.79 Å². The quantitative estimate of drug-likeness (QED) is 0.896. The van der Waals surface area contributed by atoms with E-state index in [2.05, 4.69) is 22.8 Å². The standard InChI is InChI=1S/C18H23ClN2O/c19-14-3-1-13(2-4-14)18(5-6-18)12-21-16(22)15-11-17(15)7-9-20-10-8-17/h1-4,15,20H,5-12H2,(H,21,22). The van der Waals surface area contributed by atoms with Gasteiger partial charge < -0.3 is 10.6 Å². The van der Waals surface area contributed by atoms with Gasteiger partial charge in [-0.05, 0) is 68.3 Å². The minimum absolute atomic E-state index is 0.163. The molecule has 0 radical (unpaired) electrons. The van der Waals surface area contributed by atoms with Gasteiger partial charge in [-0.2, -0.15) is 0 Å². The summed E-state index contributed by atoms with van der Waals surface area (Å²) in [6, 6.07) is 8.10. The van der Waals surface area contributed by atoms with Gasteiger partial charge >= 0.3 is 0 Å². The van der Waals surface area contributed by atoms with Crippen LogP contribution in [0, 0.1) is 11.3 Å². The minimum atomic E-state index is 0.163. The number of carbonyl (C=O) groups is 1. The molecule has 2 saturated carbocycles. The number of piperidine rings is 1. The Balaban J connectivity index is 1.35. The maximum absolute atomic E-state index is 12.5. The fraction of sp³-hybridized carbons (Fsp3) is 0.611. The van der Waals surface area contributed by atoms with Gasteiger partial charge in [-0.1, -0.05) is 23.7 Å². The minimum Gasteiger partial charge on any atom is -0.355 e. The second-order valence-corrected chi connectivity index (χ2v) is 7.81. The fourth-order valence-electron chi connectivity index (χ4n) is 4.10. The molecule has 1 heterocycles. The number of carbonyl (C=O) groups excluding carboxylic acids is 1. The molecule has 0 bridgehead atoms. The summed E-state index contributed by atoms with van der Waals surface area (Å²) < 4.78 is 0. The molecule has 3 fully saturated rings. The lowest BCUT2D eigenvalue weighted by Crippen LogP contribution is -2.36. The number of rotatable bonds is 4. The first kappa shape index (κ1) is 14.5. The Labute approximate surface area is 136 Å². The zero-order valence-electron chi connectivity index (χ0n) is 12.8. The molecule has 1 aliphatic heterocycles. The van der Waals surface area contributed by atoms with Gasteiger partial charge in [0.25, 0.3) is 0 Å². The highest BCUT2D eigenvalue weighted by molar-refractivity contribution is 6.30. The van der Waals surface area contributed by atoms with Crippen LogP contribution in [0.1, 0.15) is 37.7 Å². The molecule has 1 aromatic rings. The molecule has 0 aromatic heterocycles. The van der Waals surface area contributed by atoms with Crippen molar-refractivity contribution in [3.8, 4) is 0 Å². The third-order valence-corrected chi connectivity index (χ3v) is 6.27. The van der Waals surface area contributed by atoms with E-state index in [1.807, 2.05) is 12.1 Å². The Hall–Kier alpha value is -1.06. The van der Waals surface area contributed by atoms with Crippen molar-refractivity contribution in [2.24, 2.45) is 11.3 Å². The van der Waals surface area contributed by atoms with Crippen molar-refractivity contribution in [2.75, 3.05) is 19.6 Å². The van der Waals surface area contributed by atoms with Crippen LogP contribution in [0.5, 0.6) is 0 Å². The predicted octanol–water partition coefficient (Wildman–Crippen LogP) is 2.88. The Bertz CT molecular complexity index is 573. The molecule has 4 heteroatoms. The molecule has 4 rings (SSSR count). The average Bonchev–Trinajstić information content (AvgIpc) is 3.44. The number of benzene rings is 1. The highest BCUT2D eigenvalue weighted by atomic mass is 35.5. The van der Waals surface area contributed by atoms with Crippen molar-refractivity contribution in [3.63, 3.8) is 0 Å². The first-order valence-corrected chi connectivity index (χ1v) is 8.76. The fourth-order valence-corrected chi connectivity index (χ4v) is 4.22. The van der Waals surface area contributed by atoms with Crippen LogP contribution in [0.25, 0.3) is 0 Å². The zero-order valence-corrected chi connectivity index (χ0v) is 13.6. The Morgan fingerprint density at radius 3 is 2.50 bits per heavy atom. The van der Waals surface area contributed by atoms with Crippen LogP contribution in [0.2, 0.25) is 5.02 Å². The van der Waals surface area contributed by atoms with E-state index in [1.165, 1.54) is 5.56 Å². The summed E-state index contributed by atoms with van der Waals surface area (Å²) in [5, 5.41) is 7.40. The van der Waals surface area contributed by atoms with E-state index in [0.29, 0.717) is 5.41 Å². The van der Waals surface area contributed by atoms with Crippen LogP contribution >= 0.6 is 11.6 Å². The predicted molar refractivity (Wildman–Crippen MR) is 88.0 cm³/mol. The lowest BCUT2D eigenvalue weighted by Gasteiger charge is -2.23. The van der Waals surface area contributed by atoms with Crippen molar-refractivity contribution < 1.29 is 4.79 Å². The molecule has 22 heavy (non-hydrogen) atoms. The number of hydrogen-bond acceptors (Lipinski definition) is 2. The van der Waals surface area contributed by atoms with Gasteiger partial charge in [0.2, 0.25) is 5.91 Å². The molecule has 1 aromatic carbocycles. The maximum Gasteiger partial charge on any atom is 0.223 e. The van der Waals surface area contributed by atoms with Crippen molar-refractivity contribution in [3.05, 3.63) is 34.9 Å². The summed E-state index contributed by atoms with van der Waals surface area (Å²) >= 11 is 5.97. The van der Waals surface area contributed by atoms with Gasteiger partial charge in [-0.15, -0.1) is 0 Å². The highest BCUT2D eigenvalue weighted by Crippen LogP contribution is 2.58. The number of nitrogens with one attached hydrogen (secondary N) is 2. The number of halogens is 1. The average molecular weight is 319 g/mol. The summed E-state index contributed by atoms with van der Waals surface area (Å²) in [6.45, 7) is 2.91. The first-order valence-electron chi connectivity index (χ1n) is 8.38. The molecule has 3 nitrogen and oxygen atoms in total. The van der Waals surface area contributed by atoms with E-state index >= 15 is 0 Å². The Morgan fingerprint density at radius 2 is 1.86 bits per heavy atom. The van der Waals surface area contributed by atoms with E-state index < -0.39 is 0 Å². The maximum atomic E-state index is 12.5. The van der Waals surface area contributed by atoms with Gasteiger partial charge in [0.1, 0.15) is 0 Å². The molecule has 3 aliphatic rings. The SMILES string of the molecule is O=C(NCC1(c2ccc(Cl)cc2)CC1)C1CC12CCNCC2. The third kappa shape index (κ3) is 2.55. The van der Waals surface area contributed by atoms with Gasteiger partial charge in [0, 0.05) is 22.9 Å². The number of amides is 1.